The zero-order valence-corrected chi connectivity index (χ0v) is 12.4. The molecule has 3 rings (SSSR count). The molecule has 0 radical (unpaired) electrons. The first-order chi connectivity index (χ1) is 10.1. The van der Waals surface area contributed by atoms with Gasteiger partial charge in [0.25, 0.3) is 0 Å². The maximum atomic E-state index is 11.7. The lowest BCUT2D eigenvalue weighted by Gasteiger charge is -2.12. The second-order valence-corrected chi connectivity index (χ2v) is 5.71. The van der Waals surface area contributed by atoms with E-state index in [4.69, 9.17) is 0 Å². The Morgan fingerprint density at radius 3 is 2.33 bits per heavy atom. The standard InChI is InChI=1S/C18H20N2O/c1-12-4-3-5-17(13(12)2)19-15-8-10-16(11-9-15)20-18(21)14-6-7-14/h3-5,8-11,14,19H,6-7H2,1-2H3,(H,20,21). The van der Waals surface area contributed by atoms with Crippen molar-refractivity contribution in [3.05, 3.63) is 53.6 Å². The number of aryl methyl sites for hydroxylation is 1. The number of nitrogens with one attached hydrogen (secondary N) is 2. The average Bonchev–Trinajstić information content (AvgIpc) is 3.30. The van der Waals surface area contributed by atoms with Gasteiger partial charge in [-0.1, -0.05) is 12.1 Å². The molecule has 2 N–H and O–H groups in total. The number of amides is 1. The number of anilines is 3. The average molecular weight is 280 g/mol. The number of benzene rings is 2. The van der Waals surface area contributed by atoms with Crippen LogP contribution < -0.4 is 10.6 Å². The molecule has 1 aliphatic rings. The van der Waals surface area contributed by atoms with E-state index in [-0.39, 0.29) is 11.8 Å². The molecule has 0 aliphatic heterocycles. The third-order valence-corrected chi connectivity index (χ3v) is 3.98. The van der Waals surface area contributed by atoms with Crippen LogP contribution in [0.5, 0.6) is 0 Å². The monoisotopic (exact) mass is 280 g/mol. The minimum atomic E-state index is 0.144. The molecule has 1 fully saturated rings. The van der Waals surface area contributed by atoms with Gasteiger partial charge >= 0.3 is 0 Å². The zero-order chi connectivity index (χ0) is 14.8. The van der Waals surface area contributed by atoms with Crippen molar-refractivity contribution in [2.24, 2.45) is 5.92 Å². The summed E-state index contributed by atoms with van der Waals surface area (Å²) in [5.74, 6) is 0.378. The van der Waals surface area contributed by atoms with Gasteiger partial charge in [-0.15, -0.1) is 0 Å². The van der Waals surface area contributed by atoms with Gasteiger partial charge in [-0.05, 0) is 68.1 Å². The van der Waals surface area contributed by atoms with E-state index in [0.29, 0.717) is 0 Å². The topological polar surface area (TPSA) is 41.1 Å². The second-order valence-electron chi connectivity index (χ2n) is 5.71. The van der Waals surface area contributed by atoms with Gasteiger partial charge in [-0.2, -0.15) is 0 Å². The molecule has 1 aliphatic carbocycles. The van der Waals surface area contributed by atoms with Crippen molar-refractivity contribution >= 4 is 23.0 Å². The molecule has 0 spiro atoms. The number of carbonyl (C=O) groups is 1. The van der Waals surface area contributed by atoms with E-state index in [2.05, 4.69) is 42.7 Å². The Kier molecular flexibility index (Phi) is 3.65. The van der Waals surface area contributed by atoms with Crippen molar-refractivity contribution < 1.29 is 4.79 Å². The maximum absolute atomic E-state index is 11.7. The van der Waals surface area contributed by atoms with Gasteiger partial charge in [0.2, 0.25) is 5.91 Å². The van der Waals surface area contributed by atoms with Crippen LogP contribution in [0.25, 0.3) is 0 Å². The molecular weight excluding hydrogens is 260 g/mol. The second kappa shape index (κ2) is 5.60. The Hall–Kier alpha value is -2.29. The van der Waals surface area contributed by atoms with Crippen LogP contribution in [0.15, 0.2) is 42.5 Å². The summed E-state index contributed by atoms with van der Waals surface area (Å²) in [6, 6.07) is 14.1. The zero-order valence-electron chi connectivity index (χ0n) is 12.4. The van der Waals surface area contributed by atoms with Gasteiger partial charge in [-0.3, -0.25) is 4.79 Å². The van der Waals surface area contributed by atoms with Crippen molar-refractivity contribution in [1.29, 1.82) is 0 Å². The Morgan fingerprint density at radius 1 is 1.00 bits per heavy atom. The highest BCUT2D eigenvalue weighted by Crippen LogP contribution is 2.30. The van der Waals surface area contributed by atoms with Gasteiger partial charge < -0.3 is 10.6 Å². The third kappa shape index (κ3) is 3.24. The summed E-state index contributed by atoms with van der Waals surface area (Å²) < 4.78 is 0. The van der Waals surface area contributed by atoms with E-state index in [1.807, 2.05) is 24.3 Å². The molecular formula is C18H20N2O. The van der Waals surface area contributed by atoms with Gasteiger partial charge in [0.15, 0.2) is 0 Å². The first kappa shape index (κ1) is 13.7. The van der Waals surface area contributed by atoms with Crippen LogP contribution in [0.3, 0.4) is 0 Å². The summed E-state index contributed by atoms with van der Waals surface area (Å²) in [5.41, 5.74) is 5.52. The molecule has 0 aromatic heterocycles. The molecule has 3 nitrogen and oxygen atoms in total. The predicted octanol–water partition coefficient (Wildman–Crippen LogP) is 4.40. The van der Waals surface area contributed by atoms with Crippen molar-refractivity contribution in [3.8, 4) is 0 Å². The van der Waals surface area contributed by atoms with E-state index < -0.39 is 0 Å². The third-order valence-electron chi connectivity index (χ3n) is 3.98. The fourth-order valence-corrected chi connectivity index (χ4v) is 2.27. The highest BCUT2D eigenvalue weighted by atomic mass is 16.2. The van der Waals surface area contributed by atoms with E-state index in [1.54, 1.807) is 0 Å². The van der Waals surface area contributed by atoms with Crippen LogP contribution in [-0.4, -0.2) is 5.91 Å². The number of hydrogen-bond donors (Lipinski definition) is 2. The van der Waals surface area contributed by atoms with Crippen LogP contribution in [0.1, 0.15) is 24.0 Å². The molecule has 1 saturated carbocycles. The molecule has 2 aromatic carbocycles. The summed E-state index contributed by atoms with van der Waals surface area (Å²) in [6.07, 6.45) is 2.05. The Balaban J connectivity index is 1.69. The summed E-state index contributed by atoms with van der Waals surface area (Å²) in [5, 5.41) is 6.36. The van der Waals surface area contributed by atoms with E-state index >= 15 is 0 Å². The van der Waals surface area contributed by atoms with E-state index in [1.165, 1.54) is 11.1 Å². The van der Waals surface area contributed by atoms with Crippen molar-refractivity contribution in [1.82, 2.24) is 0 Å². The predicted molar refractivity (Wildman–Crippen MR) is 87.0 cm³/mol. The number of carbonyl (C=O) groups excluding carboxylic acids is 1. The molecule has 108 valence electrons. The molecule has 0 saturated heterocycles. The van der Waals surface area contributed by atoms with Crippen molar-refractivity contribution in [3.63, 3.8) is 0 Å². The Labute approximate surface area is 125 Å². The van der Waals surface area contributed by atoms with Crippen LogP contribution in [-0.2, 0) is 4.79 Å². The van der Waals surface area contributed by atoms with Gasteiger partial charge in [0, 0.05) is 23.0 Å². The lowest BCUT2D eigenvalue weighted by atomic mass is 10.1. The Morgan fingerprint density at radius 2 is 1.67 bits per heavy atom. The van der Waals surface area contributed by atoms with Crippen LogP contribution in [0.4, 0.5) is 17.1 Å². The highest BCUT2D eigenvalue weighted by molar-refractivity contribution is 5.94. The summed E-state index contributed by atoms with van der Waals surface area (Å²) >= 11 is 0. The summed E-state index contributed by atoms with van der Waals surface area (Å²) in [7, 11) is 0. The minimum Gasteiger partial charge on any atom is -0.355 e. The maximum Gasteiger partial charge on any atom is 0.227 e. The quantitative estimate of drug-likeness (QED) is 0.871. The fourth-order valence-electron chi connectivity index (χ4n) is 2.27. The molecule has 1 amide bonds. The van der Waals surface area contributed by atoms with E-state index in [9.17, 15) is 4.79 Å². The van der Waals surface area contributed by atoms with Gasteiger partial charge in [0.1, 0.15) is 0 Å². The van der Waals surface area contributed by atoms with E-state index in [0.717, 1.165) is 29.9 Å². The fraction of sp³-hybridized carbons (Fsp3) is 0.278. The van der Waals surface area contributed by atoms with Crippen LogP contribution >= 0.6 is 0 Å². The smallest absolute Gasteiger partial charge is 0.227 e. The van der Waals surface area contributed by atoms with Gasteiger partial charge in [-0.25, -0.2) is 0 Å². The molecule has 2 aromatic rings. The lowest BCUT2D eigenvalue weighted by Crippen LogP contribution is -2.13. The first-order valence-electron chi connectivity index (χ1n) is 7.37. The molecule has 0 heterocycles. The lowest BCUT2D eigenvalue weighted by molar-refractivity contribution is -0.117. The largest absolute Gasteiger partial charge is 0.355 e. The first-order valence-corrected chi connectivity index (χ1v) is 7.37. The molecule has 0 bridgehead atoms. The number of rotatable bonds is 4. The van der Waals surface area contributed by atoms with Crippen molar-refractivity contribution in [2.45, 2.75) is 26.7 Å². The minimum absolute atomic E-state index is 0.144. The van der Waals surface area contributed by atoms with Crippen molar-refractivity contribution in [2.75, 3.05) is 10.6 Å². The molecule has 0 unspecified atom stereocenters. The summed E-state index contributed by atoms with van der Waals surface area (Å²) in [6.45, 7) is 4.22. The van der Waals surface area contributed by atoms with Gasteiger partial charge in [0.05, 0.1) is 0 Å². The van der Waals surface area contributed by atoms with Crippen LogP contribution in [0.2, 0.25) is 0 Å². The molecule has 0 atom stereocenters. The summed E-state index contributed by atoms with van der Waals surface area (Å²) in [4.78, 5) is 11.7. The highest BCUT2D eigenvalue weighted by Gasteiger charge is 2.29. The SMILES string of the molecule is Cc1cccc(Nc2ccc(NC(=O)C3CC3)cc2)c1C. The van der Waals surface area contributed by atoms with Crippen LogP contribution in [0, 0.1) is 19.8 Å². The molecule has 21 heavy (non-hydrogen) atoms. The normalized spacial score (nSPS) is 13.8. The Bertz CT molecular complexity index is 657. The molecule has 3 heteroatoms. The number of hydrogen-bond acceptors (Lipinski definition) is 2.